The highest BCUT2D eigenvalue weighted by Crippen LogP contribution is 2.09. The molecule has 0 amide bonds. The van der Waals surface area contributed by atoms with Crippen molar-refractivity contribution < 1.29 is 9.53 Å². The second-order valence-corrected chi connectivity index (χ2v) is 3.59. The summed E-state index contributed by atoms with van der Waals surface area (Å²) < 4.78 is 6.78. The van der Waals surface area contributed by atoms with Crippen molar-refractivity contribution >= 4 is 5.97 Å². The summed E-state index contributed by atoms with van der Waals surface area (Å²) in [5.74, 6) is -0.497. The van der Waals surface area contributed by atoms with Gasteiger partial charge in [-0.3, -0.25) is 9.48 Å². The van der Waals surface area contributed by atoms with E-state index in [-0.39, 0.29) is 11.9 Å². The van der Waals surface area contributed by atoms with Crippen LogP contribution >= 0.6 is 0 Å². The number of aromatic nitrogens is 2. The van der Waals surface area contributed by atoms with E-state index >= 15 is 0 Å². The minimum Gasteiger partial charge on any atom is -0.466 e. The third kappa shape index (κ3) is 3.34. The average Bonchev–Trinajstić information content (AvgIpc) is 2.73. The highest BCUT2D eigenvalue weighted by molar-refractivity contribution is 5.73. The van der Waals surface area contributed by atoms with Crippen molar-refractivity contribution in [3.8, 4) is 0 Å². The molecule has 0 aliphatic carbocycles. The number of hydrogen-bond donors (Lipinski definition) is 1. The SMILES string of the molecule is CCOC(=O)C(CN)Cc1cnn(CC)c1. The fourth-order valence-corrected chi connectivity index (χ4v) is 1.49. The summed E-state index contributed by atoms with van der Waals surface area (Å²) in [6.07, 6.45) is 4.29. The maximum Gasteiger partial charge on any atom is 0.310 e. The third-order valence-corrected chi connectivity index (χ3v) is 2.40. The van der Waals surface area contributed by atoms with Crippen molar-refractivity contribution in [2.75, 3.05) is 13.2 Å². The zero-order valence-electron chi connectivity index (χ0n) is 9.85. The Labute approximate surface area is 95.6 Å². The summed E-state index contributed by atoms with van der Waals surface area (Å²) >= 11 is 0. The summed E-state index contributed by atoms with van der Waals surface area (Å²) in [5.41, 5.74) is 6.58. The Bertz CT molecular complexity index is 336. The van der Waals surface area contributed by atoms with E-state index in [1.807, 2.05) is 17.8 Å². The normalized spacial score (nSPS) is 12.4. The summed E-state index contributed by atoms with van der Waals surface area (Å²) in [5, 5.41) is 4.15. The van der Waals surface area contributed by atoms with Crippen LogP contribution in [0.4, 0.5) is 0 Å². The van der Waals surface area contributed by atoms with Crippen LogP contribution in [0.15, 0.2) is 12.4 Å². The zero-order valence-corrected chi connectivity index (χ0v) is 9.85. The predicted octanol–water partition coefficient (Wildman–Crippen LogP) is 0.583. The maximum atomic E-state index is 11.5. The van der Waals surface area contributed by atoms with Gasteiger partial charge in [0.2, 0.25) is 0 Å². The zero-order chi connectivity index (χ0) is 12.0. The van der Waals surface area contributed by atoms with E-state index in [1.54, 1.807) is 13.1 Å². The molecule has 1 aromatic heterocycles. The lowest BCUT2D eigenvalue weighted by atomic mass is 10.0. The molecule has 16 heavy (non-hydrogen) atoms. The van der Waals surface area contributed by atoms with Gasteiger partial charge in [-0.15, -0.1) is 0 Å². The molecule has 1 unspecified atom stereocenters. The molecule has 1 heterocycles. The summed E-state index contributed by atoms with van der Waals surface area (Å²) in [6, 6.07) is 0. The van der Waals surface area contributed by atoms with Crippen LogP contribution in [0.3, 0.4) is 0 Å². The molecule has 0 fully saturated rings. The highest BCUT2D eigenvalue weighted by atomic mass is 16.5. The minimum absolute atomic E-state index is 0.228. The van der Waals surface area contributed by atoms with Crippen LogP contribution in [0.25, 0.3) is 0 Å². The second-order valence-electron chi connectivity index (χ2n) is 3.59. The van der Waals surface area contributed by atoms with E-state index in [9.17, 15) is 4.79 Å². The van der Waals surface area contributed by atoms with E-state index in [2.05, 4.69) is 5.10 Å². The van der Waals surface area contributed by atoms with Gasteiger partial charge < -0.3 is 10.5 Å². The molecule has 5 heteroatoms. The molecule has 1 rings (SSSR count). The Morgan fingerprint density at radius 1 is 1.62 bits per heavy atom. The van der Waals surface area contributed by atoms with Crippen LogP contribution in [0, 0.1) is 5.92 Å². The molecule has 0 saturated carbocycles. The van der Waals surface area contributed by atoms with Crippen LogP contribution in [0.1, 0.15) is 19.4 Å². The lowest BCUT2D eigenvalue weighted by Gasteiger charge is -2.11. The van der Waals surface area contributed by atoms with Crippen LogP contribution < -0.4 is 5.73 Å². The lowest BCUT2D eigenvalue weighted by Crippen LogP contribution is -2.27. The molecule has 0 saturated heterocycles. The molecule has 0 aromatic carbocycles. The minimum atomic E-state index is -0.269. The Morgan fingerprint density at radius 3 is 2.88 bits per heavy atom. The first-order valence-electron chi connectivity index (χ1n) is 5.59. The molecule has 5 nitrogen and oxygen atoms in total. The number of carbonyl (C=O) groups excluding carboxylic acids is 1. The van der Waals surface area contributed by atoms with Crippen LogP contribution in [0.2, 0.25) is 0 Å². The van der Waals surface area contributed by atoms with Crippen molar-refractivity contribution in [3.05, 3.63) is 18.0 Å². The molecule has 0 spiro atoms. The van der Waals surface area contributed by atoms with E-state index < -0.39 is 0 Å². The smallest absolute Gasteiger partial charge is 0.310 e. The molecule has 1 aromatic rings. The van der Waals surface area contributed by atoms with Crippen molar-refractivity contribution in [2.24, 2.45) is 11.7 Å². The monoisotopic (exact) mass is 225 g/mol. The molecule has 0 aliphatic heterocycles. The maximum absolute atomic E-state index is 11.5. The predicted molar refractivity (Wildman–Crippen MR) is 60.8 cm³/mol. The van der Waals surface area contributed by atoms with Gasteiger partial charge in [-0.2, -0.15) is 5.10 Å². The Balaban J connectivity index is 2.58. The van der Waals surface area contributed by atoms with Crippen molar-refractivity contribution in [1.29, 1.82) is 0 Å². The number of esters is 1. The van der Waals surface area contributed by atoms with Gasteiger partial charge in [0.25, 0.3) is 0 Å². The summed E-state index contributed by atoms with van der Waals surface area (Å²) in [4.78, 5) is 11.5. The Kier molecular flexibility index (Phi) is 4.98. The number of hydrogen-bond acceptors (Lipinski definition) is 4. The number of aryl methyl sites for hydroxylation is 1. The van der Waals surface area contributed by atoms with Crippen molar-refractivity contribution in [1.82, 2.24) is 9.78 Å². The van der Waals surface area contributed by atoms with Gasteiger partial charge in [0.1, 0.15) is 0 Å². The fourth-order valence-electron chi connectivity index (χ4n) is 1.49. The summed E-state index contributed by atoms with van der Waals surface area (Å²) in [7, 11) is 0. The first-order valence-corrected chi connectivity index (χ1v) is 5.59. The molecule has 1 atom stereocenters. The number of nitrogens with zero attached hydrogens (tertiary/aromatic N) is 2. The number of rotatable bonds is 6. The first kappa shape index (κ1) is 12.7. The second kappa shape index (κ2) is 6.27. The van der Waals surface area contributed by atoms with Gasteiger partial charge >= 0.3 is 5.97 Å². The lowest BCUT2D eigenvalue weighted by molar-refractivity contribution is -0.147. The van der Waals surface area contributed by atoms with Gasteiger partial charge in [-0.05, 0) is 25.8 Å². The van der Waals surface area contributed by atoms with E-state index in [4.69, 9.17) is 10.5 Å². The van der Waals surface area contributed by atoms with Crippen LogP contribution in [-0.2, 0) is 22.5 Å². The molecular formula is C11H19N3O2. The van der Waals surface area contributed by atoms with E-state index in [0.29, 0.717) is 19.6 Å². The van der Waals surface area contributed by atoms with E-state index in [0.717, 1.165) is 12.1 Å². The molecule has 0 radical (unpaired) electrons. The molecule has 90 valence electrons. The van der Waals surface area contributed by atoms with Gasteiger partial charge in [0.15, 0.2) is 0 Å². The van der Waals surface area contributed by atoms with Crippen molar-refractivity contribution in [2.45, 2.75) is 26.8 Å². The molecule has 0 bridgehead atoms. The molecular weight excluding hydrogens is 206 g/mol. The molecule has 2 N–H and O–H groups in total. The highest BCUT2D eigenvalue weighted by Gasteiger charge is 2.19. The van der Waals surface area contributed by atoms with Gasteiger partial charge in [0, 0.05) is 19.3 Å². The topological polar surface area (TPSA) is 70.1 Å². The quantitative estimate of drug-likeness (QED) is 0.719. The number of carbonyl (C=O) groups is 1. The fraction of sp³-hybridized carbons (Fsp3) is 0.636. The van der Waals surface area contributed by atoms with Gasteiger partial charge in [-0.1, -0.05) is 0 Å². The molecule has 0 aliphatic rings. The van der Waals surface area contributed by atoms with Gasteiger partial charge in [-0.25, -0.2) is 0 Å². The van der Waals surface area contributed by atoms with Crippen LogP contribution in [0.5, 0.6) is 0 Å². The number of nitrogens with two attached hydrogens (primary N) is 1. The Hall–Kier alpha value is -1.36. The standard InChI is InChI=1S/C11H19N3O2/c1-3-14-8-9(7-13-14)5-10(6-12)11(15)16-4-2/h7-8,10H,3-6,12H2,1-2H3. The third-order valence-electron chi connectivity index (χ3n) is 2.40. The van der Waals surface area contributed by atoms with Crippen molar-refractivity contribution in [3.63, 3.8) is 0 Å². The summed E-state index contributed by atoms with van der Waals surface area (Å²) in [6.45, 7) is 5.33. The van der Waals surface area contributed by atoms with E-state index in [1.165, 1.54) is 0 Å². The Morgan fingerprint density at radius 2 is 2.38 bits per heavy atom. The van der Waals surface area contributed by atoms with Crippen LogP contribution in [-0.4, -0.2) is 28.9 Å². The largest absolute Gasteiger partial charge is 0.466 e. The average molecular weight is 225 g/mol. The van der Waals surface area contributed by atoms with Gasteiger partial charge in [0.05, 0.1) is 18.7 Å². The first-order chi connectivity index (χ1) is 7.71. The number of ether oxygens (including phenoxy) is 1.